The van der Waals surface area contributed by atoms with E-state index in [-0.39, 0.29) is 0 Å². The largest absolute Gasteiger partial charge is 0.307 e. The highest BCUT2D eigenvalue weighted by Crippen LogP contribution is 2.43. The standard InChI is InChI=1S/C60H40N2SSi/c1-4-20-43(21-5-1)64(44-22-6-2-7-23-44,45-24-8-3-9-25-45)46-26-16-19-42(40-46)61-54-33-13-10-27-48(54)51-31-18-35-57(59(51)61)62-55-34-14-11-28-49(55)53-39-41(37-38-56(53)62)47-30-17-32-52-50-29-12-15-36-58(50)63-60(47)52/h1-40H. The van der Waals surface area contributed by atoms with Crippen LogP contribution in [0.25, 0.3) is 86.3 Å². The summed E-state index contributed by atoms with van der Waals surface area (Å²) in [6.45, 7) is 0. The summed E-state index contributed by atoms with van der Waals surface area (Å²) in [6.07, 6.45) is 0. The average molecular weight is 849 g/mol. The fourth-order valence-corrected chi connectivity index (χ4v) is 16.8. The van der Waals surface area contributed by atoms with Gasteiger partial charge in [-0.25, -0.2) is 0 Å². The average Bonchev–Trinajstić information content (AvgIpc) is 4.03. The summed E-state index contributed by atoms with van der Waals surface area (Å²) >= 11 is 1.89. The van der Waals surface area contributed by atoms with Crippen LogP contribution in [-0.2, 0) is 0 Å². The van der Waals surface area contributed by atoms with Gasteiger partial charge in [0.15, 0.2) is 8.07 Å². The first-order valence-corrected chi connectivity index (χ1v) is 24.8. The van der Waals surface area contributed by atoms with Gasteiger partial charge >= 0.3 is 0 Å². The first kappa shape index (κ1) is 36.9. The molecule has 0 saturated heterocycles. The van der Waals surface area contributed by atoms with Crippen molar-refractivity contribution in [2.75, 3.05) is 0 Å². The summed E-state index contributed by atoms with van der Waals surface area (Å²) in [5, 5.41) is 13.0. The molecule has 0 atom stereocenters. The van der Waals surface area contributed by atoms with Crippen molar-refractivity contribution < 1.29 is 0 Å². The van der Waals surface area contributed by atoms with E-state index in [0.717, 1.165) is 11.4 Å². The second-order valence-corrected chi connectivity index (χ2v) is 21.7. The Balaban J connectivity index is 1.07. The Morgan fingerprint density at radius 2 is 0.844 bits per heavy atom. The van der Waals surface area contributed by atoms with Crippen molar-refractivity contribution in [2.45, 2.75) is 0 Å². The zero-order valence-corrected chi connectivity index (χ0v) is 36.7. The van der Waals surface area contributed by atoms with Crippen LogP contribution in [0, 0.1) is 0 Å². The lowest BCUT2D eigenvalue weighted by atomic mass is 10.0. The number of fused-ring (bicyclic) bond motifs is 9. The van der Waals surface area contributed by atoms with Gasteiger partial charge in [0.2, 0.25) is 0 Å². The Morgan fingerprint density at radius 1 is 0.328 bits per heavy atom. The normalized spacial score (nSPS) is 12.1. The molecular formula is C60H40N2SSi. The minimum absolute atomic E-state index is 1.15. The molecule has 2 nitrogen and oxygen atoms in total. The molecule has 0 bridgehead atoms. The molecule has 300 valence electrons. The van der Waals surface area contributed by atoms with Crippen molar-refractivity contribution in [3.05, 3.63) is 243 Å². The number of hydrogen-bond donors (Lipinski definition) is 0. The summed E-state index contributed by atoms with van der Waals surface area (Å²) in [6, 6.07) is 90.5. The molecule has 0 aliphatic rings. The van der Waals surface area contributed by atoms with Crippen LogP contribution in [0.2, 0.25) is 0 Å². The second kappa shape index (κ2) is 14.7. The molecule has 13 rings (SSSR count). The zero-order chi connectivity index (χ0) is 42.2. The Hall–Kier alpha value is -7.76. The first-order chi connectivity index (χ1) is 31.8. The minimum Gasteiger partial charge on any atom is -0.307 e. The Bertz CT molecular complexity index is 3800. The Labute approximate surface area is 376 Å². The molecule has 3 heterocycles. The van der Waals surface area contributed by atoms with E-state index in [9.17, 15) is 0 Å². The van der Waals surface area contributed by atoms with Gasteiger partial charge in [-0.3, -0.25) is 0 Å². The van der Waals surface area contributed by atoms with Crippen LogP contribution in [0.1, 0.15) is 0 Å². The summed E-state index contributed by atoms with van der Waals surface area (Å²) in [7, 11) is -2.80. The molecule has 0 aliphatic carbocycles. The highest BCUT2D eigenvalue weighted by molar-refractivity contribution is 7.26. The van der Waals surface area contributed by atoms with Gasteiger partial charge in [0.25, 0.3) is 0 Å². The summed E-state index contributed by atoms with van der Waals surface area (Å²) in [5.74, 6) is 0. The predicted octanol–water partition coefficient (Wildman–Crippen LogP) is 13.3. The smallest absolute Gasteiger partial charge is 0.179 e. The minimum atomic E-state index is -2.80. The van der Waals surface area contributed by atoms with Gasteiger partial charge in [0, 0.05) is 47.4 Å². The number of benzene rings is 10. The zero-order valence-electron chi connectivity index (χ0n) is 34.9. The van der Waals surface area contributed by atoms with E-state index in [0.29, 0.717) is 0 Å². The maximum atomic E-state index is 2.53. The van der Waals surface area contributed by atoms with Crippen LogP contribution < -0.4 is 20.7 Å². The lowest BCUT2D eigenvalue weighted by Crippen LogP contribution is -2.74. The van der Waals surface area contributed by atoms with Crippen molar-refractivity contribution >= 4 is 104 Å². The SMILES string of the molecule is c1ccc([Si](c2ccccc2)(c2ccccc2)c2cccc(-n3c4ccccc4c4cccc(-n5c6ccccc6c6cc(-c7cccc8c7sc7ccccc78)ccc65)c43)c2)cc1. The molecule has 0 aliphatic heterocycles. The lowest BCUT2D eigenvalue weighted by molar-refractivity contribution is 1.13. The van der Waals surface area contributed by atoms with Gasteiger partial charge in [-0.1, -0.05) is 194 Å². The topological polar surface area (TPSA) is 9.86 Å². The molecule has 3 aromatic heterocycles. The number of thiophene rings is 1. The third-order valence-corrected chi connectivity index (χ3v) is 19.5. The third kappa shape index (κ3) is 5.43. The third-order valence-electron chi connectivity index (χ3n) is 13.5. The molecule has 4 heteroatoms. The van der Waals surface area contributed by atoms with Gasteiger partial charge in [0.1, 0.15) is 0 Å². The van der Waals surface area contributed by atoms with Gasteiger partial charge in [-0.05, 0) is 80.4 Å². The Kier molecular flexibility index (Phi) is 8.45. The molecule has 0 unspecified atom stereocenters. The van der Waals surface area contributed by atoms with Crippen molar-refractivity contribution in [3.63, 3.8) is 0 Å². The number of para-hydroxylation sites is 3. The molecule has 0 fully saturated rings. The fraction of sp³-hybridized carbons (Fsp3) is 0. The fourth-order valence-electron chi connectivity index (χ4n) is 10.8. The Morgan fingerprint density at radius 3 is 1.55 bits per heavy atom. The van der Waals surface area contributed by atoms with Gasteiger partial charge in [-0.2, -0.15) is 0 Å². The van der Waals surface area contributed by atoms with E-state index in [2.05, 4.69) is 252 Å². The molecule has 64 heavy (non-hydrogen) atoms. The molecule has 10 aromatic carbocycles. The molecular weight excluding hydrogens is 809 g/mol. The molecule has 0 radical (unpaired) electrons. The summed E-state index contributed by atoms with van der Waals surface area (Å²) < 4.78 is 7.69. The van der Waals surface area contributed by atoms with Crippen molar-refractivity contribution in [1.82, 2.24) is 9.13 Å². The second-order valence-electron chi connectivity index (χ2n) is 16.8. The van der Waals surface area contributed by atoms with E-state index in [4.69, 9.17) is 0 Å². The van der Waals surface area contributed by atoms with Crippen LogP contribution in [0.5, 0.6) is 0 Å². The van der Waals surface area contributed by atoms with Gasteiger partial charge < -0.3 is 9.13 Å². The van der Waals surface area contributed by atoms with Crippen LogP contribution in [0.15, 0.2) is 243 Å². The summed E-state index contributed by atoms with van der Waals surface area (Å²) in [4.78, 5) is 0. The highest BCUT2D eigenvalue weighted by Gasteiger charge is 2.41. The van der Waals surface area contributed by atoms with Gasteiger partial charge in [-0.15, -0.1) is 11.3 Å². The maximum Gasteiger partial charge on any atom is 0.179 e. The van der Waals surface area contributed by atoms with Crippen molar-refractivity contribution in [1.29, 1.82) is 0 Å². The summed E-state index contributed by atoms with van der Waals surface area (Å²) in [5.41, 5.74) is 9.58. The molecule has 0 spiro atoms. The predicted molar refractivity (Wildman–Crippen MR) is 277 cm³/mol. The highest BCUT2D eigenvalue weighted by atomic mass is 32.1. The van der Waals surface area contributed by atoms with E-state index in [1.807, 2.05) is 11.3 Å². The van der Waals surface area contributed by atoms with E-state index >= 15 is 0 Å². The first-order valence-electron chi connectivity index (χ1n) is 22.0. The van der Waals surface area contributed by atoms with Crippen LogP contribution >= 0.6 is 11.3 Å². The van der Waals surface area contributed by atoms with E-state index in [1.54, 1.807) is 0 Å². The molecule has 0 N–H and O–H groups in total. The monoisotopic (exact) mass is 848 g/mol. The number of rotatable bonds is 7. The lowest BCUT2D eigenvalue weighted by Gasteiger charge is -2.34. The van der Waals surface area contributed by atoms with E-state index in [1.165, 1.54) is 95.7 Å². The quantitative estimate of drug-likeness (QED) is 0.112. The maximum absolute atomic E-state index is 2.80. The van der Waals surface area contributed by atoms with E-state index < -0.39 is 8.07 Å². The number of aromatic nitrogens is 2. The molecule has 13 aromatic rings. The molecule has 0 amide bonds. The molecule has 0 saturated carbocycles. The number of nitrogens with zero attached hydrogens (tertiary/aromatic N) is 2. The van der Waals surface area contributed by atoms with Crippen LogP contribution in [-0.4, -0.2) is 17.2 Å². The van der Waals surface area contributed by atoms with Crippen molar-refractivity contribution in [3.8, 4) is 22.5 Å². The van der Waals surface area contributed by atoms with Crippen molar-refractivity contribution in [2.24, 2.45) is 0 Å². The number of hydrogen-bond acceptors (Lipinski definition) is 1. The van der Waals surface area contributed by atoms with Crippen LogP contribution in [0.3, 0.4) is 0 Å². The van der Waals surface area contributed by atoms with Gasteiger partial charge in [0.05, 0.1) is 27.8 Å². The van der Waals surface area contributed by atoms with Crippen LogP contribution in [0.4, 0.5) is 0 Å².